The summed E-state index contributed by atoms with van der Waals surface area (Å²) < 4.78 is 13.0. The van der Waals surface area contributed by atoms with E-state index in [-0.39, 0.29) is 5.91 Å². The summed E-state index contributed by atoms with van der Waals surface area (Å²) in [6, 6.07) is 15.6. The van der Waals surface area contributed by atoms with E-state index in [0.29, 0.717) is 18.8 Å². The van der Waals surface area contributed by atoms with Crippen LogP contribution < -0.4 is 9.47 Å². The molecule has 0 aliphatic heterocycles. The van der Waals surface area contributed by atoms with E-state index in [1.54, 1.807) is 19.1 Å². The molecule has 0 radical (unpaired) electrons. The third-order valence-electron chi connectivity index (χ3n) is 4.87. The Balaban J connectivity index is 1.47. The maximum atomic E-state index is 13.0. The van der Waals surface area contributed by atoms with Crippen LogP contribution in [0.25, 0.3) is 16.2 Å². The van der Waals surface area contributed by atoms with Crippen molar-refractivity contribution in [3.63, 3.8) is 0 Å². The number of aryl methyl sites for hydroxylation is 1. The number of nitrogens with zero attached hydrogens (tertiary/aromatic N) is 3. The maximum Gasteiger partial charge on any atom is 0.271 e. The fourth-order valence-electron chi connectivity index (χ4n) is 3.16. The zero-order valence-electron chi connectivity index (χ0n) is 17.2. The Hall–Kier alpha value is -3.32. The fraction of sp³-hybridized carbons (Fsp3) is 0.217. The number of hydrogen-bond acceptors (Lipinski definition) is 5. The molecule has 0 saturated carbocycles. The number of carbonyl (C=O) groups is 1. The van der Waals surface area contributed by atoms with Crippen LogP contribution in [0.5, 0.6) is 11.5 Å². The molecule has 4 rings (SSSR count). The van der Waals surface area contributed by atoms with Gasteiger partial charge in [0.15, 0.2) is 4.96 Å². The standard InChI is InChI=1S/C23H23N3O3S/c1-16-8-10-17(11-9-16)29-13-12-25(2)22(27)20-15-30-23-24-19(14-26(20)23)18-6-4-5-7-21(18)28-3/h4-11,14-15H,12-13H2,1-3H3. The minimum atomic E-state index is -0.0715. The van der Waals surface area contributed by atoms with Gasteiger partial charge in [0.1, 0.15) is 23.8 Å². The van der Waals surface area contributed by atoms with Crippen LogP contribution in [0.15, 0.2) is 60.1 Å². The quantitative estimate of drug-likeness (QED) is 0.440. The average molecular weight is 422 g/mol. The monoisotopic (exact) mass is 421 g/mol. The summed E-state index contributed by atoms with van der Waals surface area (Å²) in [6.07, 6.45) is 1.88. The van der Waals surface area contributed by atoms with Gasteiger partial charge in [-0.15, -0.1) is 11.3 Å². The van der Waals surface area contributed by atoms with E-state index in [0.717, 1.165) is 27.7 Å². The Labute approximate surface area is 179 Å². The first-order chi connectivity index (χ1) is 14.6. The second-order valence-corrected chi connectivity index (χ2v) is 7.82. The van der Waals surface area contributed by atoms with Gasteiger partial charge in [0.05, 0.1) is 19.3 Å². The fourth-order valence-corrected chi connectivity index (χ4v) is 4.00. The number of ether oxygens (including phenoxy) is 2. The molecule has 0 N–H and O–H groups in total. The molecule has 2 aromatic carbocycles. The highest BCUT2D eigenvalue weighted by atomic mass is 32.1. The first-order valence-electron chi connectivity index (χ1n) is 9.61. The third kappa shape index (κ3) is 4.02. The number of amides is 1. The van der Waals surface area contributed by atoms with Crippen molar-refractivity contribution in [1.29, 1.82) is 0 Å². The largest absolute Gasteiger partial charge is 0.496 e. The SMILES string of the molecule is COc1ccccc1-c1cn2c(C(=O)N(C)CCOc3ccc(C)cc3)csc2n1. The van der Waals surface area contributed by atoms with Crippen molar-refractivity contribution in [2.75, 3.05) is 27.3 Å². The predicted molar refractivity (Wildman–Crippen MR) is 119 cm³/mol. The van der Waals surface area contributed by atoms with Gasteiger partial charge in [-0.2, -0.15) is 0 Å². The molecule has 154 valence electrons. The molecule has 0 aliphatic carbocycles. The number of methoxy groups -OCH3 is 1. The first kappa shape index (κ1) is 20.0. The average Bonchev–Trinajstić information content (AvgIpc) is 3.35. The Morgan fingerprint density at radius 2 is 1.93 bits per heavy atom. The number of hydrogen-bond donors (Lipinski definition) is 0. The van der Waals surface area contributed by atoms with Gasteiger partial charge >= 0.3 is 0 Å². The lowest BCUT2D eigenvalue weighted by molar-refractivity contribution is 0.0767. The molecule has 0 aliphatic rings. The van der Waals surface area contributed by atoms with E-state index < -0.39 is 0 Å². The van der Waals surface area contributed by atoms with Crippen molar-refractivity contribution in [1.82, 2.24) is 14.3 Å². The van der Waals surface area contributed by atoms with Gasteiger partial charge in [-0.05, 0) is 31.2 Å². The summed E-state index contributed by atoms with van der Waals surface area (Å²) in [4.78, 5) is 20.1. The number of para-hydroxylation sites is 1. The van der Waals surface area contributed by atoms with Gasteiger partial charge in [-0.25, -0.2) is 4.98 Å². The number of likely N-dealkylation sites (N-methyl/N-ethyl adjacent to an activating group) is 1. The van der Waals surface area contributed by atoms with Crippen LogP contribution in [0.2, 0.25) is 0 Å². The lowest BCUT2D eigenvalue weighted by atomic mass is 10.1. The van der Waals surface area contributed by atoms with Gasteiger partial charge in [-0.1, -0.05) is 29.8 Å². The van der Waals surface area contributed by atoms with Crippen LogP contribution in [0.4, 0.5) is 0 Å². The van der Waals surface area contributed by atoms with Crippen LogP contribution in [0.1, 0.15) is 16.1 Å². The molecule has 2 aromatic heterocycles. The van der Waals surface area contributed by atoms with E-state index in [9.17, 15) is 4.79 Å². The van der Waals surface area contributed by atoms with Gasteiger partial charge < -0.3 is 14.4 Å². The van der Waals surface area contributed by atoms with Crippen molar-refractivity contribution >= 4 is 22.2 Å². The lowest BCUT2D eigenvalue weighted by Crippen LogP contribution is -2.31. The van der Waals surface area contributed by atoms with E-state index in [2.05, 4.69) is 4.98 Å². The molecule has 0 fully saturated rings. The van der Waals surface area contributed by atoms with E-state index in [1.807, 2.05) is 71.4 Å². The highest BCUT2D eigenvalue weighted by Crippen LogP contribution is 2.30. The molecule has 0 atom stereocenters. The summed E-state index contributed by atoms with van der Waals surface area (Å²) in [7, 11) is 3.42. The summed E-state index contributed by atoms with van der Waals surface area (Å²) in [5.74, 6) is 1.48. The van der Waals surface area contributed by atoms with Crippen LogP contribution in [0, 0.1) is 6.92 Å². The molecule has 6 nitrogen and oxygen atoms in total. The normalized spacial score (nSPS) is 10.9. The molecular formula is C23H23N3O3S. The molecule has 4 aromatic rings. The summed E-state index contributed by atoms with van der Waals surface area (Å²) in [5, 5.41) is 1.84. The zero-order valence-corrected chi connectivity index (χ0v) is 18.0. The Bertz CT molecular complexity index is 1160. The van der Waals surface area contributed by atoms with Crippen molar-refractivity contribution in [3.8, 4) is 22.8 Å². The second-order valence-electron chi connectivity index (χ2n) is 6.99. The maximum absolute atomic E-state index is 13.0. The Morgan fingerprint density at radius 3 is 2.70 bits per heavy atom. The minimum absolute atomic E-state index is 0.0715. The Kier molecular flexibility index (Phi) is 5.72. The molecule has 0 saturated heterocycles. The van der Waals surface area contributed by atoms with Gasteiger partial charge in [-0.3, -0.25) is 9.20 Å². The van der Waals surface area contributed by atoms with Gasteiger partial charge in [0.25, 0.3) is 5.91 Å². The highest BCUT2D eigenvalue weighted by Gasteiger charge is 2.19. The molecule has 0 spiro atoms. The van der Waals surface area contributed by atoms with E-state index in [1.165, 1.54) is 16.9 Å². The van der Waals surface area contributed by atoms with Crippen molar-refractivity contribution in [2.45, 2.75) is 6.92 Å². The van der Waals surface area contributed by atoms with Crippen molar-refractivity contribution < 1.29 is 14.3 Å². The van der Waals surface area contributed by atoms with Crippen LogP contribution in [0.3, 0.4) is 0 Å². The number of benzene rings is 2. The van der Waals surface area contributed by atoms with E-state index >= 15 is 0 Å². The number of fused-ring (bicyclic) bond motifs is 1. The molecule has 0 unspecified atom stereocenters. The lowest BCUT2D eigenvalue weighted by Gasteiger charge is -2.17. The molecule has 7 heteroatoms. The van der Waals surface area contributed by atoms with Crippen molar-refractivity contribution in [2.24, 2.45) is 0 Å². The van der Waals surface area contributed by atoms with Gasteiger partial charge in [0, 0.05) is 24.2 Å². The number of carbonyl (C=O) groups excluding carboxylic acids is 1. The van der Waals surface area contributed by atoms with Crippen LogP contribution in [-0.4, -0.2) is 47.5 Å². The van der Waals surface area contributed by atoms with Crippen molar-refractivity contribution in [3.05, 3.63) is 71.4 Å². The first-order valence-corrected chi connectivity index (χ1v) is 10.5. The zero-order chi connectivity index (χ0) is 21.1. The Morgan fingerprint density at radius 1 is 1.17 bits per heavy atom. The highest BCUT2D eigenvalue weighted by molar-refractivity contribution is 7.15. The van der Waals surface area contributed by atoms with Crippen LogP contribution >= 0.6 is 11.3 Å². The topological polar surface area (TPSA) is 56.1 Å². The minimum Gasteiger partial charge on any atom is -0.496 e. The molecule has 30 heavy (non-hydrogen) atoms. The van der Waals surface area contributed by atoms with E-state index in [4.69, 9.17) is 9.47 Å². The molecule has 2 heterocycles. The third-order valence-corrected chi connectivity index (χ3v) is 5.71. The smallest absolute Gasteiger partial charge is 0.271 e. The number of imidazole rings is 1. The van der Waals surface area contributed by atoms with Gasteiger partial charge in [0.2, 0.25) is 0 Å². The number of aromatic nitrogens is 2. The van der Waals surface area contributed by atoms with Crippen LogP contribution in [-0.2, 0) is 0 Å². The summed E-state index contributed by atoms with van der Waals surface area (Å²) in [6.45, 7) is 2.94. The second kappa shape index (κ2) is 8.59. The summed E-state index contributed by atoms with van der Waals surface area (Å²) in [5.41, 5.74) is 3.44. The summed E-state index contributed by atoms with van der Waals surface area (Å²) >= 11 is 1.44. The molecular weight excluding hydrogens is 398 g/mol. The number of rotatable bonds is 7. The molecule has 1 amide bonds. The number of thiazole rings is 1. The molecule has 0 bridgehead atoms. The predicted octanol–water partition coefficient (Wildman–Crippen LogP) is 4.53.